The number of carbonyl (C=O) groups excluding carboxylic acids is 2. The lowest BCUT2D eigenvalue weighted by Crippen LogP contribution is -2.36. The molecule has 1 aromatic carbocycles. The summed E-state index contributed by atoms with van der Waals surface area (Å²) in [5.41, 5.74) is 2.20. The summed E-state index contributed by atoms with van der Waals surface area (Å²) in [6, 6.07) is 5.64. The van der Waals surface area contributed by atoms with Crippen molar-refractivity contribution in [3.8, 4) is 0 Å². The standard InChI is InChI=1S/C17H23NO4/c1-11(19)12-6-5-7-14-13(12)8-9-21-15(14)10-18-16(20)22-17(2,3)4/h5-7,15H,8-10H2,1-4H3,(H,18,20). The lowest BCUT2D eigenvalue weighted by atomic mass is 9.91. The highest BCUT2D eigenvalue weighted by Crippen LogP contribution is 2.29. The van der Waals surface area contributed by atoms with E-state index in [9.17, 15) is 9.59 Å². The topological polar surface area (TPSA) is 64.6 Å². The first kappa shape index (κ1) is 16.5. The van der Waals surface area contributed by atoms with Crippen LogP contribution in [-0.4, -0.2) is 30.6 Å². The molecule has 0 aliphatic carbocycles. The number of benzene rings is 1. The lowest BCUT2D eigenvalue weighted by Gasteiger charge is -2.28. The van der Waals surface area contributed by atoms with Gasteiger partial charge in [-0.1, -0.05) is 18.2 Å². The van der Waals surface area contributed by atoms with Gasteiger partial charge in [0.1, 0.15) is 11.7 Å². The van der Waals surface area contributed by atoms with Crippen LogP contribution in [-0.2, 0) is 15.9 Å². The summed E-state index contributed by atoms with van der Waals surface area (Å²) in [6.07, 6.45) is -0.00453. The van der Waals surface area contributed by atoms with Gasteiger partial charge >= 0.3 is 6.09 Å². The van der Waals surface area contributed by atoms with Gasteiger partial charge in [-0.25, -0.2) is 4.79 Å². The number of rotatable bonds is 3. The van der Waals surface area contributed by atoms with Gasteiger partial charge in [0.05, 0.1) is 13.2 Å². The van der Waals surface area contributed by atoms with Crippen molar-refractivity contribution in [1.29, 1.82) is 0 Å². The highest BCUT2D eigenvalue weighted by Gasteiger charge is 2.25. The molecule has 0 radical (unpaired) electrons. The molecule has 1 aliphatic heterocycles. The van der Waals surface area contributed by atoms with Gasteiger partial charge in [0.15, 0.2) is 5.78 Å². The molecule has 0 bridgehead atoms. The number of Topliss-reactive ketones (excluding diaryl/α,β-unsaturated/α-hetero) is 1. The number of hydrogen-bond donors (Lipinski definition) is 1. The van der Waals surface area contributed by atoms with Gasteiger partial charge in [0.25, 0.3) is 0 Å². The van der Waals surface area contributed by atoms with Crippen LogP contribution in [0.4, 0.5) is 4.79 Å². The number of alkyl carbamates (subject to hydrolysis) is 1. The van der Waals surface area contributed by atoms with Crippen LogP contribution in [0.2, 0.25) is 0 Å². The molecule has 0 saturated carbocycles. The Balaban J connectivity index is 2.08. The van der Waals surface area contributed by atoms with Crippen LogP contribution in [0.25, 0.3) is 0 Å². The first-order chi connectivity index (χ1) is 10.3. The van der Waals surface area contributed by atoms with E-state index in [1.807, 2.05) is 39.0 Å². The van der Waals surface area contributed by atoms with Gasteiger partial charge in [0, 0.05) is 5.56 Å². The molecule has 1 N–H and O–H groups in total. The third-order valence-corrected chi connectivity index (χ3v) is 3.44. The molecule has 1 heterocycles. The second-order valence-corrected chi connectivity index (χ2v) is 6.42. The predicted molar refractivity (Wildman–Crippen MR) is 83.1 cm³/mol. The van der Waals surface area contributed by atoms with Crippen molar-refractivity contribution in [1.82, 2.24) is 5.32 Å². The third-order valence-electron chi connectivity index (χ3n) is 3.44. The van der Waals surface area contributed by atoms with E-state index >= 15 is 0 Å². The van der Waals surface area contributed by atoms with Crippen molar-refractivity contribution in [3.05, 3.63) is 34.9 Å². The SMILES string of the molecule is CC(=O)c1cccc2c1CCOC2CNC(=O)OC(C)(C)C. The lowest BCUT2D eigenvalue weighted by molar-refractivity contribution is 0.0287. The first-order valence-corrected chi connectivity index (χ1v) is 7.49. The molecule has 0 spiro atoms. The predicted octanol–water partition coefficient (Wildman–Crippen LogP) is 3.03. The van der Waals surface area contributed by atoms with E-state index in [0.717, 1.165) is 16.7 Å². The first-order valence-electron chi connectivity index (χ1n) is 7.49. The number of carbonyl (C=O) groups is 2. The largest absolute Gasteiger partial charge is 0.444 e. The minimum atomic E-state index is -0.531. The van der Waals surface area contributed by atoms with Crippen molar-refractivity contribution in [2.45, 2.75) is 45.8 Å². The molecular weight excluding hydrogens is 282 g/mol. The van der Waals surface area contributed by atoms with Crippen LogP contribution in [0.3, 0.4) is 0 Å². The van der Waals surface area contributed by atoms with Crippen LogP contribution in [0.1, 0.15) is 55.3 Å². The van der Waals surface area contributed by atoms with Crippen molar-refractivity contribution >= 4 is 11.9 Å². The molecule has 5 heteroatoms. The number of ketones is 1. The molecule has 1 unspecified atom stereocenters. The molecule has 1 aromatic rings. The Labute approximate surface area is 131 Å². The summed E-state index contributed by atoms with van der Waals surface area (Å²) in [5, 5.41) is 2.73. The number of nitrogens with one attached hydrogen (secondary N) is 1. The fraction of sp³-hybridized carbons (Fsp3) is 0.529. The van der Waals surface area contributed by atoms with E-state index in [-0.39, 0.29) is 11.9 Å². The molecule has 0 aromatic heterocycles. The summed E-state index contributed by atoms with van der Waals surface area (Å²) in [6.45, 7) is 7.88. The smallest absolute Gasteiger partial charge is 0.407 e. The van der Waals surface area contributed by atoms with E-state index in [1.165, 1.54) is 0 Å². The summed E-state index contributed by atoms with van der Waals surface area (Å²) in [7, 11) is 0. The molecule has 1 amide bonds. The summed E-state index contributed by atoms with van der Waals surface area (Å²) < 4.78 is 11.0. The van der Waals surface area contributed by atoms with Gasteiger partial charge in [-0.05, 0) is 45.2 Å². The molecule has 2 rings (SSSR count). The minimum Gasteiger partial charge on any atom is -0.444 e. The highest BCUT2D eigenvalue weighted by molar-refractivity contribution is 5.96. The third kappa shape index (κ3) is 4.07. The summed E-state index contributed by atoms with van der Waals surface area (Å²) >= 11 is 0. The molecule has 22 heavy (non-hydrogen) atoms. The van der Waals surface area contributed by atoms with E-state index < -0.39 is 11.7 Å². The molecule has 1 aliphatic rings. The van der Waals surface area contributed by atoms with Crippen molar-refractivity contribution in [2.75, 3.05) is 13.2 Å². The van der Waals surface area contributed by atoms with Crippen molar-refractivity contribution < 1.29 is 19.1 Å². The second kappa shape index (κ2) is 6.48. The van der Waals surface area contributed by atoms with E-state index in [4.69, 9.17) is 9.47 Å². The molecule has 5 nitrogen and oxygen atoms in total. The van der Waals surface area contributed by atoms with Crippen LogP contribution in [0.15, 0.2) is 18.2 Å². The quantitative estimate of drug-likeness (QED) is 0.872. The van der Waals surface area contributed by atoms with Gasteiger partial charge in [0.2, 0.25) is 0 Å². The maximum atomic E-state index is 11.7. The van der Waals surface area contributed by atoms with Gasteiger partial charge in [-0.15, -0.1) is 0 Å². The van der Waals surface area contributed by atoms with Crippen LogP contribution >= 0.6 is 0 Å². The Morgan fingerprint density at radius 3 is 2.73 bits per heavy atom. The number of ether oxygens (including phenoxy) is 2. The number of fused-ring (bicyclic) bond motifs is 1. The molecule has 0 saturated heterocycles. The molecule has 0 fully saturated rings. The normalized spacial score (nSPS) is 17.5. The Morgan fingerprint density at radius 1 is 1.36 bits per heavy atom. The van der Waals surface area contributed by atoms with Gasteiger partial charge < -0.3 is 14.8 Å². The average Bonchev–Trinajstić information content (AvgIpc) is 2.42. The van der Waals surface area contributed by atoms with Crippen LogP contribution in [0.5, 0.6) is 0 Å². The van der Waals surface area contributed by atoms with Crippen LogP contribution in [0, 0.1) is 0 Å². The average molecular weight is 305 g/mol. The van der Waals surface area contributed by atoms with Gasteiger partial charge in [-0.2, -0.15) is 0 Å². The Kier molecular flexibility index (Phi) is 4.86. The fourth-order valence-corrected chi connectivity index (χ4v) is 2.57. The zero-order valence-electron chi connectivity index (χ0n) is 13.6. The number of amides is 1. The van der Waals surface area contributed by atoms with E-state index in [2.05, 4.69) is 5.32 Å². The Morgan fingerprint density at radius 2 is 2.09 bits per heavy atom. The van der Waals surface area contributed by atoms with Gasteiger partial charge in [-0.3, -0.25) is 4.79 Å². The molecule has 1 atom stereocenters. The van der Waals surface area contributed by atoms with E-state index in [1.54, 1.807) is 6.92 Å². The molecule has 120 valence electrons. The Hall–Kier alpha value is -1.88. The monoisotopic (exact) mass is 305 g/mol. The van der Waals surface area contributed by atoms with E-state index in [0.29, 0.717) is 19.6 Å². The Bertz CT molecular complexity index is 575. The number of hydrogen-bond acceptors (Lipinski definition) is 4. The molecular formula is C17H23NO4. The zero-order valence-corrected chi connectivity index (χ0v) is 13.6. The second-order valence-electron chi connectivity index (χ2n) is 6.42. The maximum absolute atomic E-state index is 11.7. The summed E-state index contributed by atoms with van der Waals surface area (Å²) in [4.78, 5) is 23.5. The van der Waals surface area contributed by atoms with Crippen molar-refractivity contribution in [3.63, 3.8) is 0 Å². The highest BCUT2D eigenvalue weighted by atomic mass is 16.6. The van der Waals surface area contributed by atoms with Crippen molar-refractivity contribution in [2.24, 2.45) is 0 Å². The fourth-order valence-electron chi connectivity index (χ4n) is 2.57. The maximum Gasteiger partial charge on any atom is 0.407 e. The zero-order chi connectivity index (χ0) is 16.3. The summed E-state index contributed by atoms with van der Waals surface area (Å²) in [5.74, 6) is 0.0533. The van der Waals surface area contributed by atoms with Crippen LogP contribution < -0.4 is 5.32 Å². The minimum absolute atomic E-state index is 0.0533.